The quantitative estimate of drug-likeness (QED) is 0.749. The molecule has 0 unspecified atom stereocenters. The summed E-state index contributed by atoms with van der Waals surface area (Å²) in [5, 5.41) is 1.99. The highest BCUT2D eigenvalue weighted by atomic mass is 19.1. The zero-order valence-corrected chi connectivity index (χ0v) is 11.7. The molecule has 0 aliphatic heterocycles. The van der Waals surface area contributed by atoms with Crippen molar-refractivity contribution < 1.29 is 9.13 Å². The zero-order chi connectivity index (χ0) is 14.8. The molecule has 21 heavy (non-hydrogen) atoms. The van der Waals surface area contributed by atoms with Crippen LogP contribution in [0, 0.1) is 5.82 Å². The Bertz CT molecular complexity index is 778. The molecule has 0 aliphatic carbocycles. The molecule has 0 spiro atoms. The van der Waals surface area contributed by atoms with Crippen molar-refractivity contribution in [1.82, 2.24) is 0 Å². The van der Waals surface area contributed by atoms with Crippen LogP contribution in [-0.4, -0.2) is 0 Å². The van der Waals surface area contributed by atoms with Gasteiger partial charge >= 0.3 is 0 Å². The van der Waals surface area contributed by atoms with Crippen LogP contribution >= 0.6 is 0 Å². The predicted molar refractivity (Wildman–Crippen MR) is 83.0 cm³/mol. The maximum Gasteiger partial charge on any atom is 0.167 e. The van der Waals surface area contributed by atoms with Crippen LogP contribution in [0.25, 0.3) is 10.8 Å². The number of fused-ring (bicyclic) bond motifs is 1. The normalized spacial score (nSPS) is 12.3. The summed E-state index contributed by atoms with van der Waals surface area (Å²) in [6.45, 7) is 1.81. The lowest BCUT2D eigenvalue weighted by molar-refractivity contribution is 0.436. The van der Waals surface area contributed by atoms with Crippen molar-refractivity contribution in [3.05, 3.63) is 72.0 Å². The molecule has 2 N–H and O–H groups in total. The second-order valence-corrected chi connectivity index (χ2v) is 5.03. The SMILES string of the molecule is C[C@@H](N)c1cccc(F)c1Oc1cccc2ccccc12. The van der Waals surface area contributed by atoms with Gasteiger partial charge in [-0.1, -0.05) is 48.5 Å². The number of rotatable bonds is 3. The monoisotopic (exact) mass is 281 g/mol. The van der Waals surface area contributed by atoms with E-state index in [1.54, 1.807) is 12.1 Å². The second-order valence-electron chi connectivity index (χ2n) is 5.03. The van der Waals surface area contributed by atoms with E-state index in [9.17, 15) is 4.39 Å². The molecule has 0 bridgehead atoms. The highest BCUT2D eigenvalue weighted by Crippen LogP contribution is 2.35. The summed E-state index contributed by atoms with van der Waals surface area (Å²) in [5.74, 6) is 0.418. The third-order valence-electron chi connectivity index (χ3n) is 3.45. The summed E-state index contributed by atoms with van der Waals surface area (Å²) < 4.78 is 20.0. The lowest BCUT2D eigenvalue weighted by Gasteiger charge is -2.15. The molecule has 0 fully saturated rings. The molecule has 3 aromatic rings. The number of halogens is 1. The Morgan fingerprint density at radius 3 is 2.48 bits per heavy atom. The number of ether oxygens (including phenoxy) is 1. The van der Waals surface area contributed by atoms with E-state index in [4.69, 9.17) is 10.5 Å². The highest BCUT2D eigenvalue weighted by molar-refractivity contribution is 5.88. The summed E-state index contributed by atoms with van der Waals surface area (Å²) in [4.78, 5) is 0. The first-order chi connectivity index (χ1) is 10.2. The molecular formula is C18H16FNO. The summed E-state index contributed by atoms with van der Waals surface area (Å²) in [6, 6.07) is 18.1. The molecule has 0 amide bonds. The van der Waals surface area contributed by atoms with Crippen molar-refractivity contribution in [2.75, 3.05) is 0 Å². The molecule has 3 rings (SSSR count). The van der Waals surface area contributed by atoms with Crippen LogP contribution < -0.4 is 10.5 Å². The van der Waals surface area contributed by atoms with Gasteiger partial charge < -0.3 is 10.5 Å². The molecule has 2 nitrogen and oxygen atoms in total. The fraction of sp³-hybridized carbons (Fsp3) is 0.111. The third kappa shape index (κ3) is 2.60. The average molecular weight is 281 g/mol. The Kier molecular flexibility index (Phi) is 3.59. The number of hydrogen-bond donors (Lipinski definition) is 1. The Morgan fingerprint density at radius 1 is 0.952 bits per heavy atom. The Morgan fingerprint density at radius 2 is 1.67 bits per heavy atom. The van der Waals surface area contributed by atoms with Crippen LogP contribution in [0.15, 0.2) is 60.7 Å². The molecule has 3 heteroatoms. The number of benzene rings is 3. The number of para-hydroxylation sites is 1. The fourth-order valence-electron chi connectivity index (χ4n) is 2.39. The lowest BCUT2D eigenvalue weighted by Crippen LogP contribution is -2.07. The summed E-state index contributed by atoms with van der Waals surface area (Å²) in [5.41, 5.74) is 6.56. The van der Waals surface area contributed by atoms with Gasteiger partial charge in [0.05, 0.1) is 0 Å². The molecule has 0 radical (unpaired) electrons. The van der Waals surface area contributed by atoms with Gasteiger partial charge in [-0.25, -0.2) is 4.39 Å². The first-order valence-electron chi connectivity index (χ1n) is 6.86. The minimum atomic E-state index is -0.405. The van der Waals surface area contributed by atoms with Gasteiger partial charge in [0.2, 0.25) is 0 Å². The van der Waals surface area contributed by atoms with Crippen molar-refractivity contribution in [3.63, 3.8) is 0 Å². The standard InChI is InChI=1S/C18H16FNO/c1-12(20)14-9-5-10-16(19)18(14)21-17-11-4-7-13-6-2-3-8-15(13)17/h2-12H,20H2,1H3/t12-/m1/s1. The van der Waals surface area contributed by atoms with Gasteiger partial charge in [0, 0.05) is 17.0 Å². The van der Waals surface area contributed by atoms with Crippen LogP contribution in [-0.2, 0) is 0 Å². The van der Waals surface area contributed by atoms with Gasteiger partial charge in [-0.15, -0.1) is 0 Å². The average Bonchev–Trinajstić information content (AvgIpc) is 2.49. The van der Waals surface area contributed by atoms with Crippen LogP contribution in [0.3, 0.4) is 0 Å². The molecule has 106 valence electrons. The first-order valence-corrected chi connectivity index (χ1v) is 6.86. The van der Waals surface area contributed by atoms with Gasteiger partial charge in [-0.2, -0.15) is 0 Å². The van der Waals surface area contributed by atoms with Gasteiger partial charge in [0.15, 0.2) is 11.6 Å². The number of nitrogens with two attached hydrogens (primary N) is 1. The summed E-state index contributed by atoms with van der Waals surface area (Å²) in [7, 11) is 0. The summed E-state index contributed by atoms with van der Waals surface area (Å²) >= 11 is 0. The molecule has 0 aromatic heterocycles. The van der Waals surface area contributed by atoms with Gasteiger partial charge in [-0.05, 0) is 24.4 Å². The minimum Gasteiger partial charge on any atom is -0.453 e. The maximum absolute atomic E-state index is 14.1. The lowest BCUT2D eigenvalue weighted by atomic mass is 10.1. The Balaban J connectivity index is 2.11. The van der Waals surface area contributed by atoms with Crippen molar-refractivity contribution in [1.29, 1.82) is 0 Å². The van der Waals surface area contributed by atoms with Crippen molar-refractivity contribution in [3.8, 4) is 11.5 Å². The van der Waals surface area contributed by atoms with E-state index in [1.807, 2.05) is 49.4 Å². The molecular weight excluding hydrogens is 265 g/mol. The molecule has 0 aliphatic rings. The smallest absolute Gasteiger partial charge is 0.167 e. The van der Waals surface area contributed by atoms with Crippen LogP contribution in [0.1, 0.15) is 18.5 Å². The summed E-state index contributed by atoms with van der Waals surface area (Å²) in [6.07, 6.45) is 0. The van der Waals surface area contributed by atoms with E-state index in [0.29, 0.717) is 11.3 Å². The van der Waals surface area contributed by atoms with E-state index in [-0.39, 0.29) is 11.8 Å². The van der Waals surface area contributed by atoms with Crippen LogP contribution in [0.2, 0.25) is 0 Å². The van der Waals surface area contributed by atoms with Crippen LogP contribution in [0.4, 0.5) is 4.39 Å². The first kappa shape index (κ1) is 13.6. The maximum atomic E-state index is 14.1. The van der Waals surface area contributed by atoms with E-state index in [1.165, 1.54) is 6.07 Å². The Hall–Kier alpha value is -2.39. The molecule has 0 saturated carbocycles. The van der Waals surface area contributed by atoms with Crippen molar-refractivity contribution >= 4 is 10.8 Å². The van der Waals surface area contributed by atoms with E-state index >= 15 is 0 Å². The van der Waals surface area contributed by atoms with Crippen LogP contribution in [0.5, 0.6) is 11.5 Å². The second kappa shape index (κ2) is 5.54. The van der Waals surface area contributed by atoms with E-state index < -0.39 is 5.82 Å². The third-order valence-corrected chi connectivity index (χ3v) is 3.45. The minimum absolute atomic E-state index is 0.198. The molecule has 0 heterocycles. The molecule has 1 atom stereocenters. The molecule has 3 aromatic carbocycles. The van der Waals surface area contributed by atoms with Gasteiger partial charge in [-0.3, -0.25) is 0 Å². The Labute approximate surface area is 123 Å². The largest absolute Gasteiger partial charge is 0.453 e. The molecule has 0 saturated heterocycles. The highest BCUT2D eigenvalue weighted by Gasteiger charge is 2.14. The van der Waals surface area contributed by atoms with E-state index in [2.05, 4.69) is 0 Å². The van der Waals surface area contributed by atoms with Gasteiger partial charge in [0.25, 0.3) is 0 Å². The van der Waals surface area contributed by atoms with Gasteiger partial charge in [0.1, 0.15) is 5.75 Å². The van der Waals surface area contributed by atoms with Crippen molar-refractivity contribution in [2.24, 2.45) is 5.73 Å². The topological polar surface area (TPSA) is 35.2 Å². The van der Waals surface area contributed by atoms with E-state index in [0.717, 1.165) is 10.8 Å². The fourth-order valence-corrected chi connectivity index (χ4v) is 2.39. The number of hydrogen-bond acceptors (Lipinski definition) is 2. The zero-order valence-electron chi connectivity index (χ0n) is 11.7. The van der Waals surface area contributed by atoms with Crippen molar-refractivity contribution in [2.45, 2.75) is 13.0 Å². The predicted octanol–water partition coefficient (Wildman–Crippen LogP) is 4.79.